The fourth-order valence-corrected chi connectivity index (χ4v) is 2.64. The van der Waals surface area contributed by atoms with E-state index in [4.69, 9.17) is 5.73 Å². The molecule has 2 rings (SSSR count). The molecule has 1 aromatic heterocycles. The lowest BCUT2D eigenvalue weighted by molar-refractivity contribution is 0.471. The van der Waals surface area contributed by atoms with Crippen LogP contribution in [0, 0.1) is 0 Å². The average Bonchev–Trinajstić information content (AvgIpc) is 2.56. The van der Waals surface area contributed by atoms with E-state index in [9.17, 15) is 0 Å². The van der Waals surface area contributed by atoms with Crippen LogP contribution in [0.25, 0.3) is 0 Å². The van der Waals surface area contributed by atoms with E-state index in [1.807, 2.05) is 0 Å². The zero-order valence-corrected chi connectivity index (χ0v) is 9.72. The molecule has 15 heavy (non-hydrogen) atoms. The molecule has 0 aromatic carbocycles. The molecule has 0 saturated heterocycles. The third kappa shape index (κ3) is 3.34. The first kappa shape index (κ1) is 10.7. The van der Waals surface area contributed by atoms with Gasteiger partial charge in [-0.25, -0.2) is 0 Å². The van der Waals surface area contributed by atoms with E-state index in [1.165, 1.54) is 56.5 Å². The summed E-state index contributed by atoms with van der Waals surface area (Å²) in [5.74, 6) is 0.383. The normalized spacial score (nSPS) is 19.5. The van der Waals surface area contributed by atoms with Crippen LogP contribution >= 0.6 is 11.5 Å². The predicted octanol–water partition coefficient (Wildman–Crippen LogP) is 2.65. The van der Waals surface area contributed by atoms with Gasteiger partial charge in [0.15, 0.2) is 0 Å². The second-order valence-electron chi connectivity index (χ2n) is 4.14. The largest absolute Gasteiger partial charge is 0.367 e. The topological polar surface area (TPSA) is 63.8 Å². The van der Waals surface area contributed by atoms with Crippen LogP contribution in [0.3, 0.4) is 0 Å². The molecular weight excluding hydrogens is 208 g/mol. The second-order valence-corrected chi connectivity index (χ2v) is 4.90. The molecule has 0 atom stereocenters. The van der Waals surface area contributed by atoms with E-state index >= 15 is 0 Å². The minimum Gasteiger partial charge on any atom is -0.367 e. The Morgan fingerprint density at radius 2 is 1.80 bits per heavy atom. The first-order chi connectivity index (χ1) is 7.34. The highest BCUT2D eigenvalue weighted by atomic mass is 32.1. The van der Waals surface area contributed by atoms with Gasteiger partial charge < -0.3 is 11.1 Å². The molecule has 0 spiro atoms. The SMILES string of the molecule is Nc1nsc(NC2CCCCCCC2)n1. The van der Waals surface area contributed by atoms with Crippen molar-refractivity contribution in [3.05, 3.63) is 0 Å². The number of hydrogen-bond donors (Lipinski definition) is 2. The summed E-state index contributed by atoms with van der Waals surface area (Å²) in [6.45, 7) is 0. The van der Waals surface area contributed by atoms with Gasteiger partial charge in [-0.05, 0) is 12.8 Å². The van der Waals surface area contributed by atoms with Crippen LogP contribution in [0.2, 0.25) is 0 Å². The Balaban J connectivity index is 1.86. The fourth-order valence-electron chi connectivity index (χ4n) is 2.07. The number of nitrogens with one attached hydrogen (secondary N) is 1. The van der Waals surface area contributed by atoms with Crippen LogP contribution in [-0.4, -0.2) is 15.4 Å². The van der Waals surface area contributed by atoms with Crippen molar-refractivity contribution in [1.29, 1.82) is 0 Å². The average molecular weight is 226 g/mol. The summed E-state index contributed by atoms with van der Waals surface area (Å²) < 4.78 is 3.97. The number of nitrogen functional groups attached to an aromatic ring is 1. The molecule has 5 heteroatoms. The lowest BCUT2D eigenvalue weighted by atomic mass is 9.97. The molecule has 4 nitrogen and oxygen atoms in total. The lowest BCUT2D eigenvalue weighted by Crippen LogP contribution is -2.20. The molecule has 1 heterocycles. The highest BCUT2D eigenvalue weighted by Crippen LogP contribution is 2.21. The number of rotatable bonds is 2. The van der Waals surface area contributed by atoms with Crippen molar-refractivity contribution in [2.24, 2.45) is 0 Å². The lowest BCUT2D eigenvalue weighted by Gasteiger charge is -2.20. The summed E-state index contributed by atoms with van der Waals surface area (Å²) in [5, 5.41) is 4.31. The van der Waals surface area contributed by atoms with Crippen LogP contribution in [0.4, 0.5) is 11.1 Å². The molecule has 0 unspecified atom stereocenters. The van der Waals surface area contributed by atoms with Gasteiger partial charge in [-0.15, -0.1) is 0 Å². The summed E-state index contributed by atoms with van der Waals surface area (Å²) in [7, 11) is 0. The Bertz CT molecular complexity index is 291. The summed E-state index contributed by atoms with van der Waals surface area (Å²) >= 11 is 1.36. The monoisotopic (exact) mass is 226 g/mol. The Morgan fingerprint density at radius 3 is 2.40 bits per heavy atom. The van der Waals surface area contributed by atoms with Gasteiger partial charge in [-0.3, -0.25) is 0 Å². The Labute approximate surface area is 94.5 Å². The maximum absolute atomic E-state index is 5.49. The number of aromatic nitrogens is 2. The maximum atomic E-state index is 5.49. The van der Waals surface area contributed by atoms with Crippen LogP contribution in [0.5, 0.6) is 0 Å². The first-order valence-electron chi connectivity index (χ1n) is 5.70. The summed E-state index contributed by atoms with van der Waals surface area (Å²) in [5.41, 5.74) is 5.49. The van der Waals surface area contributed by atoms with E-state index in [1.54, 1.807) is 0 Å². The third-order valence-electron chi connectivity index (χ3n) is 2.87. The van der Waals surface area contributed by atoms with Gasteiger partial charge >= 0.3 is 0 Å². The standard InChI is InChI=1S/C10H18N4S/c11-9-13-10(15-14-9)12-8-6-4-2-1-3-5-7-8/h8H,1-7H2,(H3,11,12,13,14). The molecule has 1 saturated carbocycles. The van der Waals surface area contributed by atoms with Gasteiger partial charge in [-0.2, -0.15) is 9.36 Å². The van der Waals surface area contributed by atoms with Gasteiger partial charge in [0.1, 0.15) is 0 Å². The van der Waals surface area contributed by atoms with Crippen molar-refractivity contribution >= 4 is 22.6 Å². The molecule has 84 valence electrons. The predicted molar refractivity (Wildman–Crippen MR) is 64.1 cm³/mol. The molecule has 1 aliphatic rings. The van der Waals surface area contributed by atoms with Crippen LogP contribution < -0.4 is 11.1 Å². The van der Waals surface area contributed by atoms with Crippen LogP contribution in [0.15, 0.2) is 0 Å². The number of anilines is 2. The molecular formula is C10H18N4S. The molecule has 0 amide bonds. The zero-order valence-electron chi connectivity index (χ0n) is 8.91. The fraction of sp³-hybridized carbons (Fsp3) is 0.800. The molecule has 1 fully saturated rings. The summed E-state index contributed by atoms with van der Waals surface area (Å²) in [6, 6.07) is 0.567. The molecule has 3 N–H and O–H groups in total. The van der Waals surface area contributed by atoms with E-state index in [0.717, 1.165) is 5.13 Å². The minimum atomic E-state index is 0.383. The minimum absolute atomic E-state index is 0.383. The molecule has 1 aliphatic carbocycles. The maximum Gasteiger partial charge on any atom is 0.233 e. The van der Waals surface area contributed by atoms with Gasteiger partial charge in [0.05, 0.1) is 0 Å². The number of nitrogens with zero attached hydrogens (tertiary/aromatic N) is 2. The highest BCUT2D eigenvalue weighted by molar-refractivity contribution is 7.09. The van der Waals surface area contributed by atoms with Crippen molar-refractivity contribution < 1.29 is 0 Å². The first-order valence-corrected chi connectivity index (χ1v) is 6.47. The van der Waals surface area contributed by atoms with Crippen molar-refractivity contribution in [3.8, 4) is 0 Å². The van der Waals surface area contributed by atoms with E-state index in [2.05, 4.69) is 14.7 Å². The molecule has 1 aromatic rings. The van der Waals surface area contributed by atoms with Crippen molar-refractivity contribution in [2.45, 2.75) is 51.0 Å². The van der Waals surface area contributed by atoms with Crippen molar-refractivity contribution in [1.82, 2.24) is 9.36 Å². The van der Waals surface area contributed by atoms with E-state index < -0.39 is 0 Å². The molecule has 0 bridgehead atoms. The third-order valence-corrected chi connectivity index (χ3v) is 3.53. The smallest absolute Gasteiger partial charge is 0.233 e. The number of nitrogens with two attached hydrogens (primary N) is 1. The van der Waals surface area contributed by atoms with E-state index in [0.29, 0.717) is 12.0 Å². The second kappa shape index (κ2) is 5.30. The van der Waals surface area contributed by atoms with Gasteiger partial charge in [0.2, 0.25) is 11.1 Å². The summed E-state index contributed by atoms with van der Waals surface area (Å²) in [4.78, 5) is 4.13. The Hall–Kier alpha value is -0.840. The van der Waals surface area contributed by atoms with Gasteiger partial charge in [0, 0.05) is 17.6 Å². The van der Waals surface area contributed by atoms with Crippen molar-refractivity contribution in [2.75, 3.05) is 11.1 Å². The Kier molecular flexibility index (Phi) is 3.77. The molecule has 0 radical (unpaired) electrons. The highest BCUT2D eigenvalue weighted by Gasteiger charge is 2.12. The van der Waals surface area contributed by atoms with Crippen LogP contribution in [0.1, 0.15) is 44.9 Å². The van der Waals surface area contributed by atoms with E-state index in [-0.39, 0.29) is 0 Å². The molecule has 0 aliphatic heterocycles. The number of hydrogen-bond acceptors (Lipinski definition) is 5. The van der Waals surface area contributed by atoms with Crippen LogP contribution in [-0.2, 0) is 0 Å². The zero-order chi connectivity index (χ0) is 10.5. The summed E-state index contributed by atoms with van der Waals surface area (Å²) in [6.07, 6.45) is 9.29. The van der Waals surface area contributed by atoms with Crippen molar-refractivity contribution in [3.63, 3.8) is 0 Å². The quantitative estimate of drug-likeness (QED) is 0.813. The van der Waals surface area contributed by atoms with Gasteiger partial charge in [0.25, 0.3) is 0 Å². The van der Waals surface area contributed by atoms with Gasteiger partial charge in [-0.1, -0.05) is 32.1 Å². The Morgan fingerprint density at radius 1 is 1.13 bits per heavy atom.